The lowest BCUT2D eigenvalue weighted by Gasteiger charge is -2.54. The maximum atomic E-state index is 12.7. The van der Waals surface area contributed by atoms with Crippen LogP contribution in [0.25, 0.3) is 0 Å². The van der Waals surface area contributed by atoms with Crippen molar-refractivity contribution in [2.75, 3.05) is 6.61 Å². The van der Waals surface area contributed by atoms with E-state index >= 15 is 0 Å². The van der Waals surface area contributed by atoms with Gasteiger partial charge < -0.3 is 4.74 Å². The molecular formula is C22H34O3. The molecule has 2 unspecified atom stereocenters. The second kappa shape index (κ2) is 7.47. The molecule has 0 aliphatic heterocycles. The molecule has 0 heterocycles. The summed E-state index contributed by atoms with van der Waals surface area (Å²) in [5.41, 5.74) is 3.98. The van der Waals surface area contributed by atoms with Crippen LogP contribution in [0, 0.1) is 16.7 Å². The fourth-order valence-corrected chi connectivity index (χ4v) is 5.12. The van der Waals surface area contributed by atoms with Crippen LogP contribution in [-0.4, -0.2) is 18.4 Å². The van der Waals surface area contributed by atoms with Gasteiger partial charge in [-0.15, -0.1) is 0 Å². The molecule has 2 aliphatic carbocycles. The van der Waals surface area contributed by atoms with E-state index in [-0.39, 0.29) is 16.8 Å². The van der Waals surface area contributed by atoms with Gasteiger partial charge in [-0.05, 0) is 67.9 Å². The van der Waals surface area contributed by atoms with Crippen LogP contribution in [0.15, 0.2) is 22.8 Å². The topological polar surface area (TPSA) is 43.4 Å². The molecule has 2 rings (SSSR count). The second-order valence-electron chi connectivity index (χ2n) is 8.90. The third-order valence-corrected chi connectivity index (χ3v) is 6.67. The monoisotopic (exact) mass is 346 g/mol. The van der Waals surface area contributed by atoms with Gasteiger partial charge in [0.15, 0.2) is 5.78 Å². The van der Waals surface area contributed by atoms with Gasteiger partial charge in [0.05, 0.1) is 0 Å². The zero-order valence-corrected chi connectivity index (χ0v) is 16.8. The molecule has 0 aromatic carbocycles. The maximum Gasteiger partial charge on any atom is 0.302 e. The predicted molar refractivity (Wildman–Crippen MR) is 101 cm³/mol. The van der Waals surface area contributed by atoms with Crippen LogP contribution in [0.1, 0.15) is 80.1 Å². The zero-order chi connectivity index (χ0) is 18.8. The quantitative estimate of drug-likeness (QED) is 0.494. The van der Waals surface area contributed by atoms with Crippen molar-refractivity contribution >= 4 is 11.8 Å². The molecule has 1 saturated carbocycles. The fraction of sp³-hybridized carbons (Fsp3) is 0.727. The van der Waals surface area contributed by atoms with Crippen molar-refractivity contribution in [3.8, 4) is 0 Å². The normalized spacial score (nSPS) is 29.4. The molecule has 25 heavy (non-hydrogen) atoms. The highest BCUT2D eigenvalue weighted by molar-refractivity contribution is 5.97. The molecule has 0 aromatic rings. The number of carbonyl (C=O) groups is 2. The summed E-state index contributed by atoms with van der Waals surface area (Å²) in [5, 5.41) is 0. The van der Waals surface area contributed by atoms with E-state index in [1.807, 2.05) is 13.0 Å². The lowest BCUT2D eigenvalue weighted by molar-refractivity contribution is -0.139. The molecule has 1 fully saturated rings. The van der Waals surface area contributed by atoms with Crippen LogP contribution in [0.5, 0.6) is 0 Å². The third-order valence-electron chi connectivity index (χ3n) is 6.67. The van der Waals surface area contributed by atoms with Crippen LogP contribution in [-0.2, 0) is 14.3 Å². The van der Waals surface area contributed by atoms with Crippen molar-refractivity contribution in [2.45, 2.75) is 80.1 Å². The predicted octanol–water partition coefficient (Wildman–Crippen LogP) is 5.40. The van der Waals surface area contributed by atoms with Crippen molar-refractivity contribution in [1.82, 2.24) is 0 Å². The van der Waals surface area contributed by atoms with Gasteiger partial charge in [0.25, 0.3) is 0 Å². The number of ketones is 1. The minimum Gasteiger partial charge on any atom is -0.462 e. The van der Waals surface area contributed by atoms with E-state index in [9.17, 15) is 9.59 Å². The van der Waals surface area contributed by atoms with Gasteiger partial charge in [0.1, 0.15) is 6.61 Å². The van der Waals surface area contributed by atoms with E-state index in [1.165, 1.54) is 37.3 Å². The summed E-state index contributed by atoms with van der Waals surface area (Å²) in [7, 11) is 0. The number of rotatable bonds is 5. The minimum absolute atomic E-state index is 0.149. The SMILES string of the molecule is CC(=O)OCC=C(C)CCC1=C(C)C(=O)CC2C(C)(C)CCCC12C. The van der Waals surface area contributed by atoms with Crippen LogP contribution >= 0.6 is 0 Å². The Morgan fingerprint density at radius 2 is 1.92 bits per heavy atom. The summed E-state index contributed by atoms with van der Waals surface area (Å²) < 4.78 is 4.99. The van der Waals surface area contributed by atoms with Crippen molar-refractivity contribution in [2.24, 2.45) is 16.7 Å². The molecule has 2 aliphatic rings. The number of Topliss-reactive ketones (excluding diaryl/α,β-unsaturated/α-hetero) is 1. The first kappa shape index (κ1) is 19.9. The average molecular weight is 347 g/mol. The zero-order valence-electron chi connectivity index (χ0n) is 16.8. The van der Waals surface area contributed by atoms with E-state index in [2.05, 4.69) is 27.7 Å². The number of ether oxygens (including phenoxy) is 1. The Labute approximate surface area is 152 Å². The van der Waals surface area contributed by atoms with E-state index in [0.29, 0.717) is 24.7 Å². The number of hydrogen-bond acceptors (Lipinski definition) is 3. The molecule has 3 heteroatoms. The largest absolute Gasteiger partial charge is 0.462 e. The summed E-state index contributed by atoms with van der Waals surface area (Å²) in [6.45, 7) is 12.9. The molecule has 140 valence electrons. The van der Waals surface area contributed by atoms with Gasteiger partial charge in [-0.2, -0.15) is 0 Å². The van der Waals surface area contributed by atoms with Crippen molar-refractivity contribution < 1.29 is 14.3 Å². The number of hydrogen-bond donors (Lipinski definition) is 0. The smallest absolute Gasteiger partial charge is 0.302 e. The van der Waals surface area contributed by atoms with E-state index in [4.69, 9.17) is 4.74 Å². The molecule has 3 nitrogen and oxygen atoms in total. The van der Waals surface area contributed by atoms with Gasteiger partial charge in [-0.1, -0.05) is 38.3 Å². The van der Waals surface area contributed by atoms with Crippen molar-refractivity contribution in [3.63, 3.8) is 0 Å². The van der Waals surface area contributed by atoms with Crippen LogP contribution in [0.2, 0.25) is 0 Å². The van der Waals surface area contributed by atoms with E-state index < -0.39 is 0 Å². The Kier molecular flexibility index (Phi) is 5.96. The van der Waals surface area contributed by atoms with E-state index in [1.54, 1.807) is 0 Å². The minimum atomic E-state index is -0.250. The Morgan fingerprint density at radius 3 is 2.56 bits per heavy atom. The van der Waals surface area contributed by atoms with E-state index in [0.717, 1.165) is 18.4 Å². The Hall–Kier alpha value is -1.38. The summed E-state index contributed by atoms with van der Waals surface area (Å²) >= 11 is 0. The Balaban J connectivity index is 2.18. The number of carbonyl (C=O) groups excluding carboxylic acids is 2. The molecular weight excluding hydrogens is 312 g/mol. The number of fused-ring (bicyclic) bond motifs is 1. The van der Waals surface area contributed by atoms with Gasteiger partial charge >= 0.3 is 5.97 Å². The van der Waals surface area contributed by atoms with Crippen molar-refractivity contribution in [3.05, 3.63) is 22.8 Å². The standard InChI is InChI=1S/C22H34O3/c1-15(10-13-25-17(3)23)8-9-18-16(2)19(24)14-20-21(4,5)11-7-12-22(18,20)6/h10,20H,7-9,11-14H2,1-6H3. The highest BCUT2D eigenvalue weighted by atomic mass is 16.5. The lowest BCUT2D eigenvalue weighted by Crippen LogP contribution is -2.47. The first-order valence-electron chi connectivity index (χ1n) is 9.60. The van der Waals surface area contributed by atoms with Crippen LogP contribution in [0.3, 0.4) is 0 Å². The highest BCUT2D eigenvalue weighted by Crippen LogP contribution is 2.59. The molecule has 0 radical (unpaired) electrons. The summed E-state index contributed by atoms with van der Waals surface area (Å²) in [6, 6.07) is 0. The first-order chi connectivity index (χ1) is 11.6. The van der Waals surface area contributed by atoms with Gasteiger partial charge in [-0.3, -0.25) is 9.59 Å². The first-order valence-corrected chi connectivity index (χ1v) is 9.60. The second-order valence-corrected chi connectivity index (χ2v) is 8.90. The lowest BCUT2D eigenvalue weighted by atomic mass is 9.49. The molecule has 0 aromatic heterocycles. The Bertz CT molecular complexity index is 609. The van der Waals surface area contributed by atoms with Crippen LogP contribution in [0.4, 0.5) is 0 Å². The molecule has 0 N–H and O–H groups in total. The maximum absolute atomic E-state index is 12.7. The third kappa shape index (κ3) is 4.24. The molecule has 0 bridgehead atoms. The molecule has 0 amide bonds. The molecule has 0 saturated heterocycles. The Morgan fingerprint density at radius 1 is 1.24 bits per heavy atom. The van der Waals surface area contributed by atoms with Crippen molar-refractivity contribution in [1.29, 1.82) is 0 Å². The molecule has 2 atom stereocenters. The summed E-state index contributed by atoms with van der Waals surface area (Å²) in [5.74, 6) is 0.541. The highest BCUT2D eigenvalue weighted by Gasteiger charge is 2.51. The number of esters is 1. The average Bonchev–Trinajstić information content (AvgIpc) is 2.49. The molecule has 0 spiro atoms. The summed E-state index contributed by atoms with van der Waals surface area (Å²) in [4.78, 5) is 23.5. The number of allylic oxidation sites excluding steroid dienone is 3. The summed E-state index contributed by atoms with van der Waals surface area (Å²) in [6.07, 6.45) is 8.19. The van der Waals surface area contributed by atoms with Crippen LogP contribution < -0.4 is 0 Å². The van der Waals surface area contributed by atoms with Gasteiger partial charge in [-0.25, -0.2) is 0 Å². The fourth-order valence-electron chi connectivity index (χ4n) is 5.12. The van der Waals surface area contributed by atoms with Gasteiger partial charge in [0, 0.05) is 13.3 Å². The van der Waals surface area contributed by atoms with Gasteiger partial charge in [0.2, 0.25) is 0 Å².